The summed E-state index contributed by atoms with van der Waals surface area (Å²) < 4.78 is 10.7. The maximum absolute atomic E-state index is 12.3. The zero-order valence-corrected chi connectivity index (χ0v) is 17.0. The Labute approximate surface area is 171 Å². The molecule has 0 spiro atoms. The first-order valence-corrected chi connectivity index (χ1v) is 9.60. The van der Waals surface area contributed by atoms with Gasteiger partial charge in [-0.2, -0.15) is 0 Å². The molecule has 0 heterocycles. The fraction of sp³-hybridized carbons (Fsp3) is 0.364. The summed E-state index contributed by atoms with van der Waals surface area (Å²) in [5.41, 5.74) is 1.79. The summed E-state index contributed by atoms with van der Waals surface area (Å²) in [7, 11) is 5.53. The molecule has 0 radical (unpaired) electrons. The van der Waals surface area contributed by atoms with Gasteiger partial charge in [0.25, 0.3) is 0 Å². The minimum absolute atomic E-state index is 0.105. The van der Waals surface area contributed by atoms with E-state index in [1.807, 2.05) is 67.5 Å². The summed E-state index contributed by atoms with van der Waals surface area (Å²) in [5, 5.41) is 5.71. The number of benzene rings is 2. The summed E-state index contributed by atoms with van der Waals surface area (Å²) in [6.07, 6.45) is 0.576. The number of carbonyl (C=O) groups is 2. The van der Waals surface area contributed by atoms with Crippen molar-refractivity contribution in [2.45, 2.75) is 6.42 Å². The van der Waals surface area contributed by atoms with E-state index in [1.54, 1.807) is 7.11 Å². The van der Waals surface area contributed by atoms with Gasteiger partial charge in [0, 0.05) is 25.5 Å². The number of rotatable bonds is 9. The Morgan fingerprint density at radius 1 is 0.966 bits per heavy atom. The summed E-state index contributed by atoms with van der Waals surface area (Å²) in [6, 6.07) is 14.9. The number of methoxy groups -OCH3 is 1. The molecule has 1 aliphatic rings. The van der Waals surface area contributed by atoms with Crippen LogP contribution in [-0.4, -0.2) is 46.2 Å². The maximum atomic E-state index is 12.3. The first-order valence-electron chi connectivity index (χ1n) is 9.60. The standard InChI is InChI=1S/C22H27N3O4/c1-25(2)16-6-4-15(5-7-16)24-22(27)20-14-19(20)21(26)23-12-13-29-18-10-8-17(28-3)9-11-18/h4-11,19-20H,12-14H2,1-3H3,(H,23,26)(H,24,27). The van der Waals surface area contributed by atoms with Gasteiger partial charge < -0.3 is 25.0 Å². The molecule has 154 valence electrons. The van der Waals surface area contributed by atoms with Crippen molar-refractivity contribution in [1.29, 1.82) is 0 Å². The second-order valence-electron chi connectivity index (χ2n) is 7.19. The number of carbonyl (C=O) groups excluding carboxylic acids is 2. The van der Waals surface area contributed by atoms with E-state index in [2.05, 4.69) is 10.6 Å². The van der Waals surface area contributed by atoms with Crippen LogP contribution in [0.15, 0.2) is 48.5 Å². The molecular weight excluding hydrogens is 370 g/mol. The third-order valence-electron chi connectivity index (χ3n) is 4.84. The molecule has 29 heavy (non-hydrogen) atoms. The number of nitrogens with zero attached hydrogens (tertiary/aromatic N) is 1. The highest BCUT2D eigenvalue weighted by Gasteiger charge is 2.47. The Balaban J connectivity index is 1.36. The fourth-order valence-corrected chi connectivity index (χ4v) is 3.00. The molecule has 2 aromatic carbocycles. The second-order valence-corrected chi connectivity index (χ2v) is 7.19. The van der Waals surface area contributed by atoms with Crippen molar-refractivity contribution >= 4 is 23.2 Å². The molecule has 3 rings (SSSR count). The van der Waals surface area contributed by atoms with Gasteiger partial charge in [0.1, 0.15) is 18.1 Å². The van der Waals surface area contributed by atoms with Crippen LogP contribution in [0, 0.1) is 11.8 Å². The molecule has 2 unspecified atom stereocenters. The third kappa shape index (κ3) is 5.63. The van der Waals surface area contributed by atoms with E-state index in [0.29, 0.717) is 25.3 Å². The molecular formula is C22H27N3O4. The number of amides is 2. The normalized spacial score (nSPS) is 17.2. The van der Waals surface area contributed by atoms with Gasteiger partial charge in [0.2, 0.25) is 11.8 Å². The Morgan fingerprint density at radius 3 is 2.21 bits per heavy atom. The van der Waals surface area contributed by atoms with E-state index in [4.69, 9.17) is 9.47 Å². The van der Waals surface area contributed by atoms with Crippen molar-refractivity contribution < 1.29 is 19.1 Å². The van der Waals surface area contributed by atoms with Crippen molar-refractivity contribution in [3.8, 4) is 11.5 Å². The molecule has 2 atom stereocenters. The molecule has 0 saturated heterocycles. The van der Waals surface area contributed by atoms with Gasteiger partial charge in [0.15, 0.2) is 0 Å². The largest absolute Gasteiger partial charge is 0.497 e. The molecule has 1 fully saturated rings. The van der Waals surface area contributed by atoms with Gasteiger partial charge in [-0.3, -0.25) is 9.59 Å². The number of ether oxygens (including phenoxy) is 2. The summed E-state index contributed by atoms with van der Waals surface area (Å²) in [4.78, 5) is 26.5. The summed E-state index contributed by atoms with van der Waals surface area (Å²) in [5.74, 6) is 0.716. The number of hydrogen-bond donors (Lipinski definition) is 2. The predicted molar refractivity (Wildman–Crippen MR) is 112 cm³/mol. The first-order chi connectivity index (χ1) is 14.0. The highest BCUT2D eigenvalue weighted by molar-refractivity contribution is 5.99. The van der Waals surface area contributed by atoms with Crippen LogP contribution in [0.25, 0.3) is 0 Å². The summed E-state index contributed by atoms with van der Waals surface area (Å²) >= 11 is 0. The minimum atomic E-state index is -0.272. The van der Waals surface area contributed by atoms with Crippen LogP contribution in [0.2, 0.25) is 0 Å². The SMILES string of the molecule is COc1ccc(OCCNC(=O)C2CC2C(=O)Nc2ccc(N(C)C)cc2)cc1. The zero-order chi connectivity index (χ0) is 20.8. The van der Waals surface area contributed by atoms with Crippen LogP contribution in [0.3, 0.4) is 0 Å². The highest BCUT2D eigenvalue weighted by Crippen LogP contribution is 2.39. The molecule has 2 N–H and O–H groups in total. The van der Waals surface area contributed by atoms with E-state index in [-0.39, 0.29) is 23.7 Å². The van der Waals surface area contributed by atoms with E-state index in [0.717, 1.165) is 17.1 Å². The molecule has 2 aromatic rings. The Hall–Kier alpha value is -3.22. The average Bonchev–Trinajstić information content (AvgIpc) is 3.53. The Bertz CT molecular complexity index is 834. The molecule has 7 nitrogen and oxygen atoms in total. The number of hydrogen-bond acceptors (Lipinski definition) is 5. The minimum Gasteiger partial charge on any atom is -0.497 e. The molecule has 1 aliphatic carbocycles. The second kappa shape index (κ2) is 9.32. The van der Waals surface area contributed by atoms with E-state index < -0.39 is 0 Å². The number of anilines is 2. The fourth-order valence-electron chi connectivity index (χ4n) is 3.00. The lowest BCUT2D eigenvalue weighted by atomic mass is 10.2. The van der Waals surface area contributed by atoms with Gasteiger partial charge in [-0.25, -0.2) is 0 Å². The molecule has 0 aromatic heterocycles. The van der Waals surface area contributed by atoms with Crippen molar-refractivity contribution in [3.05, 3.63) is 48.5 Å². The lowest BCUT2D eigenvalue weighted by Crippen LogP contribution is -2.31. The van der Waals surface area contributed by atoms with Crippen LogP contribution in [0.5, 0.6) is 11.5 Å². The van der Waals surface area contributed by atoms with Crippen molar-refractivity contribution in [2.24, 2.45) is 11.8 Å². The van der Waals surface area contributed by atoms with Crippen molar-refractivity contribution in [1.82, 2.24) is 5.32 Å². The lowest BCUT2D eigenvalue weighted by Gasteiger charge is -2.13. The Kier molecular flexibility index (Phi) is 6.59. The molecule has 0 bridgehead atoms. The Morgan fingerprint density at radius 2 is 1.59 bits per heavy atom. The van der Waals surface area contributed by atoms with Crippen LogP contribution in [0.4, 0.5) is 11.4 Å². The van der Waals surface area contributed by atoms with Gasteiger partial charge >= 0.3 is 0 Å². The van der Waals surface area contributed by atoms with Crippen LogP contribution in [0.1, 0.15) is 6.42 Å². The summed E-state index contributed by atoms with van der Waals surface area (Å²) in [6.45, 7) is 0.752. The molecule has 1 saturated carbocycles. The average molecular weight is 397 g/mol. The monoisotopic (exact) mass is 397 g/mol. The highest BCUT2D eigenvalue weighted by atomic mass is 16.5. The van der Waals surface area contributed by atoms with Crippen LogP contribution < -0.4 is 25.0 Å². The topological polar surface area (TPSA) is 79.9 Å². The van der Waals surface area contributed by atoms with Crippen molar-refractivity contribution in [3.63, 3.8) is 0 Å². The van der Waals surface area contributed by atoms with E-state index >= 15 is 0 Å². The quantitative estimate of drug-likeness (QED) is 0.636. The molecule has 0 aliphatic heterocycles. The first kappa shape index (κ1) is 20.5. The van der Waals surface area contributed by atoms with E-state index in [9.17, 15) is 9.59 Å². The van der Waals surface area contributed by atoms with Crippen LogP contribution >= 0.6 is 0 Å². The molecule has 7 heteroatoms. The van der Waals surface area contributed by atoms with Gasteiger partial charge in [-0.1, -0.05) is 0 Å². The van der Waals surface area contributed by atoms with Crippen LogP contribution in [-0.2, 0) is 9.59 Å². The maximum Gasteiger partial charge on any atom is 0.228 e. The van der Waals surface area contributed by atoms with Gasteiger partial charge in [-0.05, 0) is 55.0 Å². The number of nitrogens with one attached hydrogen (secondary N) is 2. The predicted octanol–water partition coefficient (Wildman–Crippen LogP) is 2.53. The smallest absolute Gasteiger partial charge is 0.228 e. The zero-order valence-electron chi connectivity index (χ0n) is 17.0. The van der Waals surface area contributed by atoms with Crippen molar-refractivity contribution in [2.75, 3.05) is 44.6 Å². The van der Waals surface area contributed by atoms with Gasteiger partial charge in [-0.15, -0.1) is 0 Å². The molecule has 2 amide bonds. The lowest BCUT2D eigenvalue weighted by molar-refractivity contribution is -0.125. The van der Waals surface area contributed by atoms with Gasteiger partial charge in [0.05, 0.1) is 25.5 Å². The third-order valence-corrected chi connectivity index (χ3v) is 4.84. The van der Waals surface area contributed by atoms with E-state index in [1.165, 1.54) is 0 Å².